The van der Waals surface area contributed by atoms with Crippen LogP contribution < -0.4 is 0 Å². The Kier molecular flexibility index (Phi) is 8.49. The molecule has 164 valence electrons. The van der Waals surface area contributed by atoms with Gasteiger partial charge in [0.1, 0.15) is 31.9 Å². The van der Waals surface area contributed by atoms with Crippen molar-refractivity contribution in [3.8, 4) is 0 Å². The Morgan fingerprint density at radius 1 is 1.30 bits per heavy atom. The SMILES string of the molecule is B[C@@H]1O[C@H](COC)[C@H](OP(=O)(O)OC)C1OCc1cn(CSc2ccccc2)nn1. The van der Waals surface area contributed by atoms with Gasteiger partial charge >= 0.3 is 7.82 Å². The van der Waals surface area contributed by atoms with Crippen LogP contribution in [0.4, 0.5) is 0 Å². The summed E-state index contributed by atoms with van der Waals surface area (Å²) in [5.41, 5.74) is 0.628. The molecule has 2 aromatic rings. The predicted octanol–water partition coefficient (Wildman–Crippen LogP) is 1.05. The summed E-state index contributed by atoms with van der Waals surface area (Å²) in [6.45, 7) is 0.335. The molecule has 0 amide bonds. The van der Waals surface area contributed by atoms with Crippen LogP contribution >= 0.6 is 19.6 Å². The minimum atomic E-state index is -4.23. The van der Waals surface area contributed by atoms with Crippen LogP contribution in [0.2, 0.25) is 0 Å². The monoisotopic (exact) mass is 457 g/mol. The van der Waals surface area contributed by atoms with Crippen molar-refractivity contribution in [2.45, 2.75) is 41.7 Å². The molecule has 0 saturated carbocycles. The predicted molar refractivity (Wildman–Crippen MR) is 112 cm³/mol. The third-order valence-corrected chi connectivity index (χ3v) is 6.45. The molecule has 1 fully saturated rings. The van der Waals surface area contributed by atoms with Gasteiger partial charge in [0.15, 0.2) is 0 Å². The zero-order valence-corrected chi connectivity index (χ0v) is 18.7. The second-order valence-electron chi connectivity index (χ2n) is 6.67. The fourth-order valence-electron chi connectivity index (χ4n) is 3.07. The van der Waals surface area contributed by atoms with Crippen LogP contribution in [0.5, 0.6) is 0 Å². The first-order valence-corrected chi connectivity index (χ1v) is 11.8. The van der Waals surface area contributed by atoms with Gasteiger partial charge in [0.2, 0.25) is 0 Å². The molecule has 1 N–H and O–H groups in total. The number of thioether (sulfide) groups is 1. The highest BCUT2D eigenvalue weighted by Crippen LogP contribution is 2.46. The summed E-state index contributed by atoms with van der Waals surface area (Å²) in [5, 5.41) is 8.24. The zero-order valence-electron chi connectivity index (χ0n) is 17.0. The molecule has 0 spiro atoms. The molecule has 1 aliphatic heterocycles. The van der Waals surface area contributed by atoms with Crippen LogP contribution in [-0.2, 0) is 40.3 Å². The maximum absolute atomic E-state index is 11.9. The lowest BCUT2D eigenvalue weighted by Crippen LogP contribution is -2.38. The highest BCUT2D eigenvalue weighted by molar-refractivity contribution is 7.98. The average molecular weight is 457 g/mol. The van der Waals surface area contributed by atoms with Gasteiger partial charge in [-0.1, -0.05) is 23.4 Å². The number of rotatable bonds is 11. The first-order valence-electron chi connectivity index (χ1n) is 9.31. The fourth-order valence-corrected chi connectivity index (χ4v) is 4.48. The van der Waals surface area contributed by atoms with E-state index in [1.807, 2.05) is 30.3 Å². The second-order valence-corrected chi connectivity index (χ2v) is 9.20. The average Bonchev–Trinajstić information content (AvgIpc) is 3.30. The van der Waals surface area contributed by atoms with Gasteiger partial charge in [0, 0.05) is 19.1 Å². The second kappa shape index (κ2) is 10.9. The van der Waals surface area contributed by atoms with Crippen molar-refractivity contribution in [2.24, 2.45) is 0 Å². The van der Waals surface area contributed by atoms with Gasteiger partial charge in [-0.2, -0.15) is 0 Å². The smallest absolute Gasteiger partial charge is 0.382 e. The number of benzene rings is 1. The van der Waals surface area contributed by atoms with Gasteiger partial charge in [0.25, 0.3) is 0 Å². The van der Waals surface area contributed by atoms with E-state index in [0.717, 1.165) is 12.0 Å². The Morgan fingerprint density at radius 2 is 2.07 bits per heavy atom. The van der Waals surface area contributed by atoms with Crippen LogP contribution in [0.15, 0.2) is 41.4 Å². The van der Waals surface area contributed by atoms with Gasteiger partial charge in [-0.3, -0.25) is 9.05 Å². The molecular formula is C17H25BN3O7PS. The molecule has 2 unspecified atom stereocenters. The molecule has 1 saturated heterocycles. The van der Waals surface area contributed by atoms with Gasteiger partial charge < -0.3 is 19.1 Å². The summed E-state index contributed by atoms with van der Waals surface area (Å²) < 4.78 is 40.4. The first kappa shape index (κ1) is 23.4. The minimum Gasteiger partial charge on any atom is -0.382 e. The van der Waals surface area contributed by atoms with E-state index in [-0.39, 0.29) is 19.2 Å². The molecule has 30 heavy (non-hydrogen) atoms. The van der Waals surface area contributed by atoms with Crippen molar-refractivity contribution < 1.29 is 32.7 Å². The van der Waals surface area contributed by atoms with E-state index in [0.29, 0.717) is 11.6 Å². The zero-order chi connectivity index (χ0) is 21.6. The highest BCUT2D eigenvalue weighted by Gasteiger charge is 2.47. The first-order chi connectivity index (χ1) is 14.4. The number of aromatic nitrogens is 3. The van der Waals surface area contributed by atoms with Gasteiger partial charge in [-0.25, -0.2) is 9.25 Å². The van der Waals surface area contributed by atoms with E-state index in [9.17, 15) is 9.46 Å². The molecule has 0 aliphatic carbocycles. The molecule has 5 atom stereocenters. The standard InChI is InChI=1S/C17H25BN3O7PS/c1-24-10-14-15(28-29(22,23)25-2)16(17(18)27-14)26-9-12-8-21(20-19-12)11-30-13-6-4-3-5-7-13/h3-8,14-17H,9-11,18H2,1-2H3,(H,22,23)/t14-,15+,16?,17-/m1/s1. The number of phosphoric acid groups is 1. The molecule has 2 heterocycles. The van der Waals surface area contributed by atoms with E-state index >= 15 is 0 Å². The summed E-state index contributed by atoms with van der Waals surface area (Å²) in [6.07, 6.45) is -0.210. The lowest BCUT2D eigenvalue weighted by atomic mass is 9.93. The maximum atomic E-state index is 11.9. The summed E-state index contributed by atoms with van der Waals surface area (Å²) in [5.74, 6) is 0.614. The molecular weight excluding hydrogens is 432 g/mol. The molecule has 1 aromatic heterocycles. The van der Waals surface area contributed by atoms with Crippen molar-refractivity contribution in [1.29, 1.82) is 0 Å². The highest BCUT2D eigenvalue weighted by atomic mass is 32.2. The van der Waals surface area contributed by atoms with Gasteiger partial charge in [-0.05, 0) is 12.1 Å². The topological polar surface area (TPSA) is 114 Å². The number of nitrogens with zero attached hydrogens (tertiary/aromatic N) is 3. The molecule has 0 radical (unpaired) electrons. The number of hydrogen-bond donors (Lipinski definition) is 1. The third kappa shape index (κ3) is 6.38. The molecule has 3 rings (SSSR count). The van der Waals surface area contributed by atoms with Crippen LogP contribution in [0, 0.1) is 0 Å². The van der Waals surface area contributed by atoms with E-state index in [1.165, 1.54) is 7.11 Å². The largest absolute Gasteiger partial charge is 0.472 e. The summed E-state index contributed by atoms with van der Waals surface area (Å²) in [7, 11) is 0.195. The maximum Gasteiger partial charge on any atom is 0.472 e. The Bertz CT molecular complexity index is 846. The third-order valence-electron chi connectivity index (χ3n) is 4.48. The van der Waals surface area contributed by atoms with E-state index < -0.39 is 26.1 Å². The summed E-state index contributed by atoms with van der Waals surface area (Å²) in [4.78, 5) is 10.9. The van der Waals surface area contributed by atoms with E-state index in [1.54, 1.807) is 30.5 Å². The van der Waals surface area contributed by atoms with Crippen molar-refractivity contribution in [3.05, 3.63) is 42.2 Å². The van der Waals surface area contributed by atoms with Crippen molar-refractivity contribution >= 4 is 27.4 Å². The lowest BCUT2D eigenvalue weighted by Gasteiger charge is -2.24. The quantitative estimate of drug-likeness (QED) is 0.298. The Hall–Kier alpha value is -1.24. The summed E-state index contributed by atoms with van der Waals surface area (Å²) in [6, 6.07) is 9.62. The molecule has 10 nitrogen and oxygen atoms in total. The van der Waals surface area contributed by atoms with E-state index in [4.69, 9.17) is 18.7 Å². The number of ether oxygens (including phenoxy) is 3. The number of methoxy groups -OCH3 is 1. The lowest BCUT2D eigenvalue weighted by molar-refractivity contribution is -0.0398. The molecule has 13 heteroatoms. The van der Waals surface area contributed by atoms with Crippen molar-refractivity contribution in [1.82, 2.24) is 15.0 Å². The Morgan fingerprint density at radius 3 is 2.77 bits per heavy atom. The normalized spacial score (nSPS) is 26.0. The molecule has 1 aliphatic rings. The minimum absolute atomic E-state index is 0.149. The van der Waals surface area contributed by atoms with Crippen LogP contribution in [0.25, 0.3) is 0 Å². The fraction of sp³-hybridized carbons (Fsp3) is 0.529. The van der Waals surface area contributed by atoms with Gasteiger partial charge in [0.05, 0.1) is 31.3 Å². The van der Waals surface area contributed by atoms with Crippen LogP contribution in [-0.4, -0.2) is 72.9 Å². The number of hydrogen-bond acceptors (Lipinski definition) is 9. The van der Waals surface area contributed by atoms with Crippen LogP contribution in [0.3, 0.4) is 0 Å². The summed E-state index contributed by atoms with van der Waals surface area (Å²) >= 11 is 1.64. The Balaban J connectivity index is 1.59. The molecule has 1 aromatic carbocycles. The van der Waals surface area contributed by atoms with Crippen molar-refractivity contribution in [2.75, 3.05) is 20.8 Å². The van der Waals surface area contributed by atoms with Gasteiger partial charge in [-0.15, -0.1) is 16.9 Å². The van der Waals surface area contributed by atoms with Crippen LogP contribution in [0.1, 0.15) is 5.69 Å². The Labute approximate surface area is 180 Å². The molecule has 0 bridgehead atoms. The number of phosphoric ester groups is 1. The van der Waals surface area contributed by atoms with E-state index in [2.05, 4.69) is 14.8 Å². The van der Waals surface area contributed by atoms with Crippen molar-refractivity contribution in [3.63, 3.8) is 0 Å².